The Balaban J connectivity index is 2.06. The second kappa shape index (κ2) is 7.52. The van der Waals surface area contributed by atoms with Crippen molar-refractivity contribution in [2.24, 2.45) is 0 Å². The Labute approximate surface area is 154 Å². The van der Waals surface area contributed by atoms with Gasteiger partial charge in [0.25, 0.3) is 5.91 Å². The van der Waals surface area contributed by atoms with E-state index in [-0.39, 0.29) is 17.5 Å². The lowest BCUT2D eigenvalue weighted by Gasteiger charge is -2.36. The first-order valence-corrected chi connectivity index (χ1v) is 8.70. The van der Waals surface area contributed by atoms with Gasteiger partial charge in [-0.3, -0.25) is 4.79 Å². The summed E-state index contributed by atoms with van der Waals surface area (Å²) in [5, 5.41) is 3.45. The molecule has 138 valence electrons. The zero-order valence-corrected chi connectivity index (χ0v) is 16.2. The largest absolute Gasteiger partial charge is 0.496 e. The van der Waals surface area contributed by atoms with Crippen LogP contribution in [0.1, 0.15) is 36.7 Å². The number of nitrogens with one attached hydrogen (secondary N) is 1. The molecule has 25 heavy (non-hydrogen) atoms. The third-order valence-corrected chi connectivity index (χ3v) is 4.23. The van der Waals surface area contributed by atoms with Crippen molar-refractivity contribution < 1.29 is 14.3 Å². The fourth-order valence-corrected chi connectivity index (χ4v) is 3.12. The summed E-state index contributed by atoms with van der Waals surface area (Å²) in [5.74, 6) is 0.417. The van der Waals surface area contributed by atoms with Gasteiger partial charge in [-0.2, -0.15) is 0 Å². The third-order valence-electron chi connectivity index (χ3n) is 4.01. The molecule has 2 rings (SSSR count). The highest BCUT2D eigenvalue weighted by Crippen LogP contribution is 2.29. The molecule has 0 radical (unpaired) electrons. The number of aryl methyl sites for hydroxylation is 1. The summed E-state index contributed by atoms with van der Waals surface area (Å²) < 4.78 is 5.38. The summed E-state index contributed by atoms with van der Waals surface area (Å²) in [6.07, 6.45) is 0. The third kappa shape index (κ3) is 4.78. The number of halogens is 1. The number of amides is 3. The number of carbonyl (C=O) groups excluding carboxylic acids is 2. The average molecular weight is 368 g/mol. The van der Waals surface area contributed by atoms with Crippen LogP contribution in [0.4, 0.5) is 4.79 Å². The molecular formula is C18H26ClN3O3. The van der Waals surface area contributed by atoms with Crippen molar-refractivity contribution in [2.45, 2.75) is 33.2 Å². The van der Waals surface area contributed by atoms with Crippen molar-refractivity contribution in [1.82, 2.24) is 15.1 Å². The van der Waals surface area contributed by atoms with E-state index in [0.29, 0.717) is 42.5 Å². The van der Waals surface area contributed by atoms with Gasteiger partial charge in [-0.25, -0.2) is 4.79 Å². The molecule has 1 aromatic carbocycles. The van der Waals surface area contributed by atoms with E-state index in [2.05, 4.69) is 5.32 Å². The Hall–Kier alpha value is -1.95. The van der Waals surface area contributed by atoms with E-state index in [0.717, 1.165) is 5.56 Å². The molecule has 0 atom stereocenters. The molecule has 1 fully saturated rings. The number of hydrogen-bond donors (Lipinski definition) is 1. The van der Waals surface area contributed by atoms with E-state index in [1.807, 2.05) is 27.7 Å². The molecule has 6 nitrogen and oxygen atoms in total. The maximum absolute atomic E-state index is 12.9. The molecule has 0 unspecified atom stereocenters. The first kappa shape index (κ1) is 19.4. The molecule has 0 aromatic heterocycles. The fourth-order valence-electron chi connectivity index (χ4n) is 2.84. The summed E-state index contributed by atoms with van der Waals surface area (Å²) in [4.78, 5) is 28.5. The Bertz CT molecular complexity index is 662. The van der Waals surface area contributed by atoms with Crippen molar-refractivity contribution >= 4 is 23.5 Å². The van der Waals surface area contributed by atoms with Gasteiger partial charge in [0, 0.05) is 36.7 Å². The molecule has 1 aliphatic heterocycles. The number of urea groups is 1. The van der Waals surface area contributed by atoms with Gasteiger partial charge in [-0.1, -0.05) is 11.6 Å². The highest BCUT2D eigenvalue weighted by atomic mass is 35.5. The van der Waals surface area contributed by atoms with Gasteiger partial charge in [-0.05, 0) is 45.4 Å². The normalized spacial score (nSPS) is 15.1. The molecule has 1 N–H and O–H groups in total. The van der Waals surface area contributed by atoms with Gasteiger partial charge in [0.1, 0.15) is 5.75 Å². The summed E-state index contributed by atoms with van der Waals surface area (Å²) in [7, 11) is 1.54. The monoisotopic (exact) mass is 367 g/mol. The minimum Gasteiger partial charge on any atom is -0.496 e. The van der Waals surface area contributed by atoms with Crippen molar-refractivity contribution in [3.05, 3.63) is 28.3 Å². The molecule has 0 saturated carbocycles. The molecule has 0 bridgehead atoms. The van der Waals surface area contributed by atoms with Crippen LogP contribution in [0.15, 0.2) is 12.1 Å². The van der Waals surface area contributed by atoms with Gasteiger partial charge in [0.2, 0.25) is 0 Å². The highest BCUT2D eigenvalue weighted by molar-refractivity contribution is 6.31. The van der Waals surface area contributed by atoms with Gasteiger partial charge >= 0.3 is 6.03 Å². The quantitative estimate of drug-likeness (QED) is 0.874. The van der Waals surface area contributed by atoms with Crippen LogP contribution < -0.4 is 10.1 Å². The zero-order chi connectivity index (χ0) is 18.8. The van der Waals surface area contributed by atoms with Gasteiger partial charge in [-0.15, -0.1) is 0 Å². The zero-order valence-electron chi connectivity index (χ0n) is 15.5. The van der Waals surface area contributed by atoms with Crippen LogP contribution >= 0.6 is 11.6 Å². The summed E-state index contributed by atoms with van der Waals surface area (Å²) in [6, 6.07) is 3.30. The first-order chi connectivity index (χ1) is 11.6. The number of ether oxygens (including phenoxy) is 1. The maximum atomic E-state index is 12.9. The van der Waals surface area contributed by atoms with E-state index < -0.39 is 0 Å². The predicted molar refractivity (Wildman–Crippen MR) is 98.5 cm³/mol. The number of rotatable bonds is 2. The van der Waals surface area contributed by atoms with E-state index in [1.54, 1.807) is 29.0 Å². The van der Waals surface area contributed by atoms with Crippen molar-refractivity contribution in [3.63, 3.8) is 0 Å². The maximum Gasteiger partial charge on any atom is 0.317 e. The van der Waals surface area contributed by atoms with Crippen LogP contribution in [0.5, 0.6) is 5.75 Å². The van der Waals surface area contributed by atoms with Crippen molar-refractivity contribution in [3.8, 4) is 5.75 Å². The van der Waals surface area contributed by atoms with E-state index in [4.69, 9.17) is 16.3 Å². The standard InChI is InChI=1S/C18H26ClN3O3/c1-12-10-13(19)11-14(15(12)25-5)16(23)21-6-8-22(9-7-21)17(24)20-18(2,3)4/h10-11H,6-9H2,1-5H3,(H,20,24). The Morgan fingerprint density at radius 2 is 1.68 bits per heavy atom. The lowest BCUT2D eigenvalue weighted by Crippen LogP contribution is -2.56. The molecule has 1 saturated heterocycles. The van der Waals surface area contributed by atoms with Crippen LogP contribution in [0.25, 0.3) is 0 Å². The molecule has 1 aliphatic rings. The number of piperazine rings is 1. The molecule has 1 heterocycles. The Morgan fingerprint density at radius 3 is 2.20 bits per heavy atom. The SMILES string of the molecule is COc1c(C)cc(Cl)cc1C(=O)N1CCN(C(=O)NC(C)(C)C)CC1. The molecule has 7 heteroatoms. The number of methoxy groups -OCH3 is 1. The number of carbonyl (C=O) groups is 2. The van der Waals surface area contributed by atoms with Crippen molar-refractivity contribution in [2.75, 3.05) is 33.3 Å². The first-order valence-electron chi connectivity index (χ1n) is 8.33. The van der Waals surface area contributed by atoms with Crippen LogP contribution in [0.3, 0.4) is 0 Å². The Kier molecular flexibility index (Phi) is 5.83. The number of benzene rings is 1. The second-order valence-electron chi connectivity index (χ2n) is 7.26. The van der Waals surface area contributed by atoms with Crippen LogP contribution in [0.2, 0.25) is 5.02 Å². The number of hydrogen-bond acceptors (Lipinski definition) is 3. The lowest BCUT2D eigenvalue weighted by atomic mass is 10.1. The van der Waals surface area contributed by atoms with Crippen LogP contribution in [0, 0.1) is 6.92 Å². The predicted octanol–water partition coefficient (Wildman–Crippen LogP) is 2.92. The van der Waals surface area contributed by atoms with Gasteiger partial charge < -0.3 is 19.9 Å². The second-order valence-corrected chi connectivity index (χ2v) is 7.70. The number of nitrogens with zero attached hydrogens (tertiary/aromatic N) is 2. The minimum absolute atomic E-state index is 0.101. The van der Waals surface area contributed by atoms with Crippen LogP contribution in [-0.2, 0) is 0 Å². The molecular weight excluding hydrogens is 342 g/mol. The molecule has 3 amide bonds. The van der Waals surface area contributed by atoms with Gasteiger partial charge in [0.15, 0.2) is 0 Å². The van der Waals surface area contributed by atoms with Crippen LogP contribution in [-0.4, -0.2) is 60.6 Å². The summed E-state index contributed by atoms with van der Waals surface area (Å²) in [5.41, 5.74) is 0.997. The van der Waals surface area contributed by atoms with E-state index >= 15 is 0 Å². The fraction of sp³-hybridized carbons (Fsp3) is 0.556. The van der Waals surface area contributed by atoms with E-state index in [9.17, 15) is 9.59 Å². The smallest absolute Gasteiger partial charge is 0.317 e. The summed E-state index contributed by atoms with van der Waals surface area (Å²) >= 11 is 6.10. The highest BCUT2D eigenvalue weighted by Gasteiger charge is 2.28. The molecule has 0 aliphatic carbocycles. The molecule has 0 spiro atoms. The Morgan fingerprint density at radius 1 is 1.12 bits per heavy atom. The minimum atomic E-state index is -0.282. The van der Waals surface area contributed by atoms with E-state index in [1.165, 1.54) is 0 Å². The van der Waals surface area contributed by atoms with Gasteiger partial charge in [0.05, 0.1) is 12.7 Å². The van der Waals surface area contributed by atoms with Crippen molar-refractivity contribution in [1.29, 1.82) is 0 Å². The lowest BCUT2D eigenvalue weighted by molar-refractivity contribution is 0.0658. The molecule has 1 aromatic rings. The topological polar surface area (TPSA) is 61.9 Å². The average Bonchev–Trinajstić information content (AvgIpc) is 2.52. The summed E-state index contributed by atoms with van der Waals surface area (Å²) in [6.45, 7) is 9.63.